The van der Waals surface area contributed by atoms with Crippen molar-refractivity contribution in [2.75, 3.05) is 31.6 Å². The molecule has 0 saturated carbocycles. The number of ether oxygens (including phenoxy) is 3. The number of benzene rings is 2. The Morgan fingerprint density at radius 3 is 2.42 bits per heavy atom. The van der Waals surface area contributed by atoms with E-state index in [2.05, 4.69) is 30.8 Å². The molecule has 2 aromatic carbocycles. The molecule has 9 nitrogen and oxygen atoms in total. The monoisotopic (exact) mass is 484 g/mol. The van der Waals surface area contributed by atoms with Crippen LogP contribution < -0.4 is 25.0 Å². The molecule has 0 aliphatic heterocycles. The van der Waals surface area contributed by atoms with E-state index < -0.39 is 0 Å². The highest BCUT2D eigenvalue weighted by Crippen LogP contribution is 2.28. The van der Waals surface area contributed by atoms with E-state index in [0.717, 1.165) is 22.5 Å². The van der Waals surface area contributed by atoms with Crippen LogP contribution in [0.3, 0.4) is 0 Å². The van der Waals surface area contributed by atoms with Crippen molar-refractivity contribution < 1.29 is 14.2 Å². The smallest absolute Gasteiger partial charge is 0.232 e. The zero-order valence-corrected chi connectivity index (χ0v) is 20.4. The fraction of sp³-hybridized carbons (Fsp3) is 0.185. The molecule has 0 unspecified atom stereocenters. The molecule has 0 atom stereocenters. The number of anilines is 3. The largest absolute Gasteiger partial charge is 0.493 e. The number of pyridine rings is 1. The lowest BCUT2D eigenvalue weighted by molar-refractivity contribution is 0.309. The number of nitrogens with one attached hydrogen (secondary N) is 2. The van der Waals surface area contributed by atoms with E-state index in [0.29, 0.717) is 42.2 Å². The summed E-state index contributed by atoms with van der Waals surface area (Å²) in [6.07, 6.45) is 4.12. The maximum atomic E-state index is 5.99. The van der Waals surface area contributed by atoms with Gasteiger partial charge in [-0.05, 0) is 48.9 Å². The van der Waals surface area contributed by atoms with Crippen LogP contribution in [-0.2, 0) is 6.42 Å². The van der Waals surface area contributed by atoms with Crippen LogP contribution in [0, 0.1) is 0 Å². The van der Waals surface area contributed by atoms with Crippen LogP contribution in [0.15, 0.2) is 84.2 Å². The van der Waals surface area contributed by atoms with Crippen LogP contribution in [0.5, 0.6) is 17.4 Å². The Bertz CT molecular complexity index is 1300. The summed E-state index contributed by atoms with van der Waals surface area (Å²) in [6, 6.07) is 21.0. The van der Waals surface area contributed by atoms with Gasteiger partial charge in [0.25, 0.3) is 0 Å². The Hall–Kier alpha value is -4.66. The maximum Gasteiger partial charge on any atom is 0.232 e. The molecule has 9 heteroatoms. The molecule has 184 valence electrons. The lowest BCUT2D eigenvalue weighted by Crippen LogP contribution is -2.07. The Labute approximate surface area is 210 Å². The van der Waals surface area contributed by atoms with Crippen LogP contribution in [0.4, 0.5) is 17.5 Å². The first kappa shape index (κ1) is 24.5. The second kappa shape index (κ2) is 12.2. The summed E-state index contributed by atoms with van der Waals surface area (Å²) >= 11 is 0. The van der Waals surface area contributed by atoms with Crippen LogP contribution >= 0.6 is 0 Å². The van der Waals surface area contributed by atoms with E-state index in [1.807, 2.05) is 67.6 Å². The van der Waals surface area contributed by atoms with Gasteiger partial charge < -0.3 is 19.5 Å². The average Bonchev–Trinajstić information content (AvgIpc) is 2.92. The Morgan fingerprint density at radius 2 is 1.67 bits per heavy atom. The summed E-state index contributed by atoms with van der Waals surface area (Å²) in [7, 11) is 3.23. The first-order valence-electron chi connectivity index (χ1n) is 11.4. The van der Waals surface area contributed by atoms with E-state index in [9.17, 15) is 0 Å². The van der Waals surface area contributed by atoms with Crippen LogP contribution in [-0.4, -0.2) is 41.5 Å². The molecule has 0 spiro atoms. The highest BCUT2D eigenvalue weighted by atomic mass is 16.5. The molecule has 0 fully saturated rings. The van der Waals surface area contributed by atoms with Gasteiger partial charge in [-0.25, -0.2) is 0 Å². The Balaban J connectivity index is 1.50. The highest BCUT2D eigenvalue weighted by Gasteiger charge is 2.09. The molecule has 2 N–H and O–H groups in total. The Kier molecular flexibility index (Phi) is 8.27. The molecule has 0 aliphatic carbocycles. The predicted molar refractivity (Wildman–Crippen MR) is 141 cm³/mol. The van der Waals surface area contributed by atoms with Crippen molar-refractivity contribution in [1.29, 1.82) is 0 Å². The third kappa shape index (κ3) is 6.69. The number of methoxy groups -OCH3 is 2. The zero-order valence-electron chi connectivity index (χ0n) is 20.4. The van der Waals surface area contributed by atoms with Gasteiger partial charge in [0.1, 0.15) is 0 Å². The topological polar surface area (TPSA) is 103 Å². The minimum Gasteiger partial charge on any atom is -0.493 e. The Morgan fingerprint density at radius 1 is 0.889 bits per heavy atom. The van der Waals surface area contributed by atoms with Crippen molar-refractivity contribution >= 4 is 23.2 Å². The van der Waals surface area contributed by atoms with E-state index in [4.69, 9.17) is 14.2 Å². The van der Waals surface area contributed by atoms with E-state index in [1.54, 1.807) is 32.7 Å². The summed E-state index contributed by atoms with van der Waals surface area (Å²) < 4.78 is 16.7. The van der Waals surface area contributed by atoms with E-state index in [-0.39, 0.29) is 0 Å². The standard InChI is InChI=1S/C27H28N6O3/c1-19(21-11-14-28-15-12-21)32-33-25-18-26(31-27(30-25)29-22-7-5-4-6-8-22)36-16-13-20-9-10-23(34-2)24(17-20)35-3/h4-12,14-15,17-18H,13,16H2,1-3H3,(H2,29,30,31,33). The van der Waals surface area contributed by atoms with Gasteiger partial charge in [-0.2, -0.15) is 15.1 Å². The lowest BCUT2D eigenvalue weighted by Gasteiger charge is -2.12. The number of para-hydroxylation sites is 1. The van der Waals surface area contributed by atoms with Crippen molar-refractivity contribution in [3.63, 3.8) is 0 Å². The minimum atomic E-state index is 0.393. The molecule has 0 radical (unpaired) electrons. The quantitative estimate of drug-likeness (QED) is 0.224. The van der Waals surface area contributed by atoms with Gasteiger partial charge >= 0.3 is 0 Å². The highest BCUT2D eigenvalue weighted by molar-refractivity contribution is 5.98. The molecule has 0 saturated heterocycles. The molecule has 36 heavy (non-hydrogen) atoms. The van der Waals surface area contributed by atoms with Crippen molar-refractivity contribution in [2.24, 2.45) is 5.10 Å². The third-order valence-electron chi connectivity index (χ3n) is 5.26. The van der Waals surface area contributed by atoms with Crippen molar-refractivity contribution in [1.82, 2.24) is 15.0 Å². The average molecular weight is 485 g/mol. The molecule has 4 rings (SSSR count). The zero-order chi connectivity index (χ0) is 25.2. The molecule has 2 aromatic heterocycles. The van der Waals surface area contributed by atoms with Crippen molar-refractivity contribution in [3.8, 4) is 17.4 Å². The van der Waals surface area contributed by atoms with E-state index >= 15 is 0 Å². The summed E-state index contributed by atoms with van der Waals surface area (Å²) in [6.45, 7) is 2.32. The second-order valence-electron chi connectivity index (χ2n) is 7.74. The van der Waals surface area contributed by atoms with Crippen LogP contribution in [0.2, 0.25) is 0 Å². The fourth-order valence-corrected chi connectivity index (χ4v) is 3.37. The van der Waals surface area contributed by atoms with Gasteiger partial charge in [-0.3, -0.25) is 10.4 Å². The summed E-state index contributed by atoms with van der Waals surface area (Å²) in [5.74, 6) is 2.68. The van der Waals surface area contributed by atoms with E-state index in [1.165, 1.54) is 0 Å². The molecule has 0 aliphatic rings. The second-order valence-corrected chi connectivity index (χ2v) is 7.74. The number of hydrazone groups is 1. The fourth-order valence-electron chi connectivity index (χ4n) is 3.37. The molecular weight excluding hydrogens is 456 g/mol. The predicted octanol–water partition coefficient (Wildman–Crippen LogP) is 5.09. The molecule has 2 heterocycles. The molecule has 4 aromatic rings. The molecule has 0 bridgehead atoms. The van der Waals surface area contributed by atoms with Gasteiger partial charge in [0, 0.05) is 36.1 Å². The van der Waals surface area contributed by atoms with Gasteiger partial charge in [-0.1, -0.05) is 24.3 Å². The first-order valence-corrected chi connectivity index (χ1v) is 11.4. The first-order chi connectivity index (χ1) is 17.6. The summed E-state index contributed by atoms with van der Waals surface area (Å²) in [4.78, 5) is 13.1. The van der Waals surface area contributed by atoms with Gasteiger partial charge in [0.2, 0.25) is 11.8 Å². The number of aromatic nitrogens is 3. The van der Waals surface area contributed by atoms with Crippen LogP contribution in [0.1, 0.15) is 18.1 Å². The van der Waals surface area contributed by atoms with Crippen molar-refractivity contribution in [2.45, 2.75) is 13.3 Å². The van der Waals surface area contributed by atoms with Gasteiger partial charge in [-0.15, -0.1) is 0 Å². The number of rotatable bonds is 11. The van der Waals surface area contributed by atoms with Gasteiger partial charge in [0.15, 0.2) is 17.3 Å². The lowest BCUT2D eigenvalue weighted by atomic mass is 10.1. The van der Waals surface area contributed by atoms with Crippen molar-refractivity contribution in [3.05, 3.63) is 90.3 Å². The molecule has 0 amide bonds. The minimum absolute atomic E-state index is 0.393. The number of nitrogens with zero attached hydrogens (tertiary/aromatic N) is 4. The normalized spacial score (nSPS) is 11.0. The van der Waals surface area contributed by atoms with Gasteiger partial charge in [0.05, 0.1) is 26.5 Å². The summed E-state index contributed by atoms with van der Waals surface area (Å²) in [5.41, 5.74) is 6.69. The number of hydrogen-bond acceptors (Lipinski definition) is 9. The third-order valence-corrected chi connectivity index (χ3v) is 5.26. The summed E-state index contributed by atoms with van der Waals surface area (Å²) in [5, 5.41) is 7.67. The number of hydrogen-bond donors (Lipinski definition) is 2. The molecular formula is C27H28N6O3. The maximum absolute atomic E-state index is 5.99. The van der Waals surface area contributed by atoms with Crippen LogP contribution in [0.25, 0.3) is 0 Å². The SMILES string of the molecule is COc1ccc(CCOc2cc(NN=C(C)c3ccncc3)nc(Nc3ccccc3)n2)cc1OC.